The molecule has 0 bridgehead atoms. The molecule has 1 spiro atoms. The highest BCUT2D eigenvalue weighted by Gasteiger charge is 2.37. The van der Waals surface area contributed by atoms with Crippen molar-refractivity contribution in [2.45, 2.75) is 25.7 Å². The molecule has 3 rings (SSSR count). The largest absolute Gasteiger partial charge is 0.381 e. The molecule has 0 unspecified atom stereocenters. The monoisotopic (exact) mass is 304 g/mol. The van der Waals surface area contributed by atoms with Crippen molar-refractivity contribution in [3.05, 3.63) is 30.1 Å². The number of aromatic nitrogens is 1. The topological polar surface area (TPSA) is 51.7 Å². The van der Waals surface area contributed by atoms with Crippen LogP contribution in [0.4, 0.5) is 0 Å². The Morgan fingerprint density at radius 1 is 1.18 bits per heavy atom. The third-order valence-electron chi connectivity index (χ3n) is 4.72. The number of rotatable bonds is 3. The number of carbonyl (C=O) groups is 1. The zero-order valence-corrected chi connectivity index (χ0v) is 13.0. The van der Waals surface area contributed by atoms with E-state index in [0.29, 0.717) is 19.6 Å². The summed E-state index contributed by atoms with van der Waals surface area (Å²) < 4.78 is 11.2. The van der Waals surface area contributed by atoms with Crippen LogP contribution in [0.1, 0.15) is 24.8 Å². The van der Waals surface area contributed by atoms with Crippen molar-refractivity contribution in [1.29, 1.82) is 0 Å². The molecule has 0 aliphatic carbocycles. The van der Waals surface area contributed by atoms with E-state index in [1.54, 1.807) is 12.4 Å². The zero-order valence-electron chi connectivity index (χ0n) is 13.0. The number of pyridine rings is 1. The lowest BCUT2D eigenvalue weighted by molar-refractivity contribution is -0.133. The number of hydrogen-bond acceptors (Lipinski definition) is 4. The normalized spacial score (nSPS) is 21.5. The number of ether oxygens (including phenoxy) is 2. The Morgan fingerprint density at radius 2 is 1.95 bits per heavy atom. The van der Waals surface area contributed by atoms with Gasteiger partial charge >= 0.3 is 0 Å². The summed E-state index contributed by atoms with van der Waals surface area (Å²) in [6, 6.07) is 3.94. The van der Waals surface area contributed by atoms with Crippen LogP contribution in [-0.4, -0.2) is 55.3 Å². The summed E-state index contributed by atoms with van der Waals surface area (Å²) in [6.07, 6.45) is 6.85. The fourth-order valence-electron chi connectivity index (χ4n) is 3.27. The van der Waals surface area contributed by atoms with E-state index in [2.05, 4.69) is 4.98 Å². The molecule has 5 heteroatoms. The Morgan fingerprint density at radius 3 is 2.73 bits per heavy atom. The highest BCUT2D eigenvalue weighted by atomic mass is 16.5. The summed E-state index contributed by atoms with van der Waals surface area (Å²) in [7, 11) is 0. The van der Waals surface area contributed by atoms with Gasteiger partial charge in [-0.1, -0.05) is 0 Å². The van der Waals surface area contributed by atoms with E-state index in [9.17, 15) is 4.79 Å². The summed E-state index contributed by atoms with van der Waals surface area (Å²) in [5.74, 6) is 0.230. The molecule has 1 amide bonds. The van der Waals surface area contributed by atoms with Crippen LogP contribution in [0, 0.1) is 5.41 Å². The number of aryl methyl sites for hydroxylation is 1. The Balaban J connectivity index is 1.58. The highest BCUT2D eigenvalue weighted by molar-refractivity contribution is 5.76. The summed E-state index contributed by atoms with van der Waals surface area (Å²) in [5, 5.41) is 0. The van der Waals surface area contributed by atoms with Gasteiger partial charge in [0.15, 0.2) is 0 Å². The minimum absolute atomic E-state index is 0.0983. The van der Waals surface area contributed by atoms with Crippen molar-refractivity contribution in [3.63, 3.8) is 0 Å². The van der Waals surface area contributed by atoms with Crippen LogP contribution in [0.3, 0.4) is 0 Å². The van der Waals surface area contributed by atoms with Crippen LogP contribution >= 0.6 is 0 Å². The SMILES string of the molecule is O=C(CCc1ccncc1)N1CCOCC2(CCOCC2)C1. The second-order valence-corrected chi connectivity index (χ2v) is 6.34. The first kappa shape index (κ1) is 15.4. The van der Waals surface area contributed by atoms with Crippen LogP contribution in [0.2, 0.25) is 0 Å². The minimum atomic E-state index is 0.0983. The van der Waals surface area contributed by atoms with Crippen molar-refractivity contribution in [2.75, 3.05) is 39.5 Å². The van der Waals surface area contributed by atoms with Crippen LogP contribution in [0.15, 0.2) is 24.5 Å². The lowest BCUT2D eigenvalue weighted by atomic mass is 9.80. The fraction of sp³-hybridized carbons (Fsp3) is 0.647. The molecule has 0 radical (unpaired) electrons. The molecular weight excluding hydrogens is 280 g/mol. The molecular formula is C17H24N2O3. The van der Waals surface area contributed by atoms with E-state index in [1.807, 2.05) is 17.0 Å². The predicted molar refractivity (Wildman–Crippen MR) is 82.4 cm³/mol. The standard InChI is InChI=1S/C17H24N2O3/c20-16(2-1-15-3-7-18-8-4-15)19-9-12-22-14-17(13-19)5-10-21-11-6-17/h3-4,7-8H,1-2,5-6,9-14H2. The molecule has 22 heavy (non-hydrogen) atoms. The van der Waals surface area contributed by atoms with Gasteiger partial charge in [0.2, 0.25) is 5.91 Å². The Hall–Kier alpha value is -1.46. The van der Waals surface area contributed by atoms with Gasteiger partial charge in [-0.3, -0.25) is 9.78 Å². The van der Waals surface area contributed by atoms with Gasteiger partial charge in [-0.25, -0.2) is 0 Å². The molecule has 2 aliphatic heterocycles. The van der Waals surface area contributed by atoms with E-state index in [1.165, 1.54) is 0 Å². The molecule has 2 aliphatic rings. The lowest BCUT2D eigenvalue weighted by Gasteiger charge is -2.38. The third-order valence-corrected chi connectivity index (χ3v) is 4.72. The lowest BCUT2D eigenvalue weighted by Crippen LogP contribution is -2.44. The smallest absolute Gasteiger partial charge is 0.222 e. The summed E-state index contributed by atoms with van der Waals surface area (Å²) in [6.45, 7) is 4.47. The molecule has 0 aromatic carbocycles. The van der Waals surface area contributed by atoms with E-state index >= 15 is 0 Å². The maximum absolute atomic E-state index is 12.6. The van der Waals surface area contributed by atoms with Crippen molar-refractivity contribution < 1.29 is 14.3 Å². The molecule has 5 nitrogen and oxygen atoms in total. The average Bonchev–Trinajstić information content (AvgIpc) is 2.77. The molecule has 120 valence electrons. The fourth-order valence-corrected chi connectivity index (χ4v) is 3.27. The van der Waals surface area contributed by atoms with Gasteiger partial charge in [0.25, 0.3) is 0 Å². The van der Waals surface area contributed by atoms with E-state index in [0.717, 1.165) is 51.2 Å². The molecule has 0 N–H and O–H groups in total. The van der Waals surface area contributed by atoms with Gasteiger partial charge in [0.05, 0.1) is 13.2 Å². The molecule has 2 saturated heterocycles. The molecule has 3 heterocycles. The number of carbonyl (C=O) groups excluding carboxylic acids is 1. The quantitative estimate of drug-likeness (QED) is 0.852. The van der Waals surface area contributed by atoms with Crippen LogP contribution < -0.4 is 0 Å². The first-order chi connectivity index (χ1) is 10.8. The van der Waals surface area contributed by atoms with E-state index in [-0.39, 0.29) is 11.3 Å². The van der Waals surface area contributed by atoms with E-state index in [4.69, 9.17) is 9.47 Å². The Labute approximate surface area is 131 Å². The first-order valence-electron chi connectivity index (χ1n) is 8.10. The minimum Gasteiger partial charge on any atom is -0.381 e. The summed E-state index contributed by atoms with van der Waals surface area (Å²) in [4.78, 5) is 18.6. The van der Waals surface area contributed by atoms with Crippen LogP contribution in [0.5, 0.6) is 0 Å². The maximum atomic E-state index is 12.6. The molecule has 0 saturated carbocycles. The zero-order chi connectivity index (χ0) is 15.3. The van der Waals surface area contributed by atoms with Crippen molar-refractivity contribution >= 4 is 5.91 Å². The summed E-state index contributed by atoms with van der Waals surface area (Å²) in [5.41, 5.74) is 1.26. The number of hydrogen-bond donors (Lipinski definition) is 0. The third kappa shape index (κ3) is 3.84. The van der Waals surface area contributed by atoms with Crippen LogP contribution in [-0.2, 0) is 20.7 Å². The van der Waals surface area contributed by atoms with Crippen LogP contribution in [0.25, 0.3) is 0 Å². The van der Waals surface area contributed by atoms with Gasteiger partial charge in [-0.15, -0.1) is 0 Å². The van der Waals surface area contributed by atoms with Gasteiger partial charge in [-0.2, -0.15) is 0 Å². The maximum Gasteiger partial charge on any atom is 0.222 e. The second kappa shape index (κ2) is 7.20. The van der Waals surface area contributed by atoms with E-state index < -0.39 is 0 Å². The Kier molecular flexibility index (Phi) is 5.05. The highest BCUT2D eigenvalue weighted by Crippen LogP contribution is 2.33. The van der Waals surface area contributed by atoms with Crippen molar-refractivity contribution in [1.82, 2.24) is 9.88 Å². The van der Waals surface area contributed by atoms with Crippen molar-refractivity contribution in [3.8, 4) is 0 Å². The molecule has 1 aromatic heterocycles. The first-order valence-corrected chi connectivity index (χ1v) is 8.10. The molecule has 2 fully saturated rings. The van der Waals surface area contributed by atoms with Crippen molar-refractivity contribution in [2.24, 2.45) is 5.41 Å². The summed E-state index contributed by atoms with van der Waals surface area (Å²) >= 11 is 0. The van der Waals surface area contributed by atoms with Gasteiger partial charge in [0.1, 0.15) is 0 Å². The van der Waals surface area contributed by atoms with Gasteiger partial charge in [-0.05, 0) is 37.0 Å². The average molecular weight is 304 g/mol. The Bertz CT molecular complexity index is 486. The second-order valence-electron chi connectivity index (χ2n) is 6.34. The molecule has 1 aromatic rings. The number of nitrogens with zero attached hydrogens (tertiary/aromatic N) is 2. The molecule has 0 atom stereocenters. The predicted octanol–water partition coefficient (Wildman–Crippen LogP) is 1.67. The van der Waals surface area contributed by atoms with Gasteiger partial charge in [0, 0.05) is 50.5 Å². The van der Waals surface area contributed by atoms with Gasteiger partial charge < -0.3 is 14.4 Å². The number of amides is 1.